The van der Waals surface area contributed by atoms with E-state index < -0.39 is 0 Å². The minimum atomic E-state index is -0.337. The molecule has 19 heavy (non-hydrogen) atoms. The lowest BCUT2D eigenvalue weighted by Gasteiger charge is -2.04. The summed E-state index contributed by atoms with van der Waals surface area (Å²) < 4.78 is 7.63. The zero-order valence-corrected chi connectivity index (χ0v) is 11.6. The SMILES string of the molecule is CCOC(=O)Cn1c(=NC(C)=O)sc2ccccc21. The highest BCUT2D eigenvalue weighted by molar-refractivity contribution is 7.16. The first-order chi connectivity index (χ1) is 9.11. The molecule has 0 radical (unpaired) electrons. The Morgan fingerprint density at radius 3 is 2.79 bits per heavy atom. The van der Waals surface area contributed by atoms with E-state index in [1.807, 2.05) is 24.3 Å². The molecule has 1 amide bonds. The van der Waals surface area contributed by atoms with Crippen LogP contribution in [0.1, 0.15) is 13.8 Å². The molecule has 6 heteroatoms. The van der Waals surface area contributed by atoms with Crippen molar-refractivity contribution < 1.29 is 14.3 Å². The number of thiazole rings is 1. The molecule has 1 aromatic carbocycles. The number of nitrogens with zero attached hydrogens (tertiary/aromatic N) is 2. The van der Waals surface area contributed by atoms with Crippen LogP contribution in [0.2, 0.25) is 0 Å². The number of hydrogen-bond acceptors (Lipinski definition) is 4. The highest BCUT2D eigenvalue weighted by atomic mass is 32.1. The Morgan fingerprint density at radius 2 is 2.11 bits per heavy atom. The average Bonchev–Trinajstić information content (AvgIpc) is 2.67. The topological polar surface area (TPSA) is 60.7 Å². The standard InChI is InChI=1S/C13H14N2O3S/c1-3-18-12(17)8-15-10-6-4-5-7-11(10)19-13(15)14-9(2)16/h4-7H,3,8H2,1-2H3. The second-order valence-electron chi connectivity index (χ2n) is 3.87. The molecule has 0 saturated carbocycles. The number of carbonyl (C=O) groups is 2. The van der Waals surface area contributed by atoms with Gasteiger partial charge in [-0.05, 0) is 19.1 Å². The highest BCUT2D eigenvalue weighted by Gasteiger charge is 2.10. The molecule has 0 spiro atoms. The maximum Gasteiger partial charge on any atom is 0.326 e. The largest absolute Gasteiger partial charge is 0.465 e. The summed E-state index contributed by atoms with van der Waals surface area (Å²) in [6.45, 7) is 3.54. The second-order valence-corrected chi connectivity index (χ2v) is 4.88. The van der Waals surface area contributed by atoms with Crippen molar-refractivity contribution >= 4 is 33.4 Å². The smallest absolute Gasteiger partial charge is 0.326 e. The van der Waals surface area contributed by atoms with Gasteiger partial charge in [-0.3, -0.25) is 9.59 Å². The maximum absolute atomic E-state index is 11.6. The molecule has 0 unspecified atom stereocenters. The van der Waals surface area contributed by atoms with Crippen molar-refractivity contribution in [3.05, 3.63) is 29.1 Å². The van der Waals surface area contributed by atoms with Crippen LogP contribution >= 0.6 is 11.3 Å². The second kappa shape index (κ2) is 5.79. The number of amides is 1. The highest BCUT2D eigenvalue weighted by Crippen LogP contribution is 2.16. The van der Waals surface area contributed by atoms with Crippen LogP contribution in [0.3, 0.4) is 0 Å². The van der Waals surface area contributed by atoms with Crippen molar-refractivity contribution in [3.63, 3.8) is 0 Å². The Bertz CT molecular complexity index is 684. The number of esters is 1. The number of para-hydroxylation sites is 1. The van der Waals surface area contributed by atoms with Crippen LogP contribution in [0.25, 0.3) is 10.2 Å². The lowest BCUT2D eigenvalue weighted by Crippen LogP contribution is -2.22. The normalized spacial score (nSPS) is 11.8. The molecule has 0 aliphatic carbocycles. The predicted molar refractivity (Wildman–Crippen MR) is 72.7 cm³/mol. The Morgan fingerprint density at radius 1 is 1.37 bits per heavy atom. The summed E-state index contributed by atoms with van der Waals surface area (Å²) in [5.74, 6) is -0.625. The van der Waals surface area contributed by atoms with E-state index in [9.17, 15) is 9.59 Å². The van der Waals surface area contributed by atoms with Gasteiger partial charge in [-0.1, -0.05) is 23.5 Å². The van der Waals surface area contributed by atoms with Crippen molar-refractivity contribution in [1.29, 1.82) is 0 Å². The molecule has 0 aliphatic heterocycles. The van der Waals surface area contributed by atoms with Crippen molar-refractivity contribution in [2.24, 2.45) is 4.99 Å². The van der Waals surface area contributed by atoms with E-state index in [1.54, 1.807) is 11.5 Å². The molecule has 1 heterocycles. The lowest BCUT2D eigenvalue weighted by molar-refractivity contribution is -0.143. The van der Waals surface area contributed by atoms with Crippen LogP contribution in [-0.2, 0) is 20.9 Å². The van der Waals surface area contributed by atoms with Gasteiger partial charge in [-0.25, -0.2) is 0 Å². The first kappa shape index (κ1) is 13.5. The van der Waals surface area contributed by atoms with Gasteiger partial charge in [0.25, 0.3) is 0 Å². The monoisotopic (exact) mass is 278 g/mol. The van der Waals surface area contributed by atoms with Crippen LogP contribution in [0, 0.1) is 0 Å². The minimum absolute atomic E-state index is 0.0595. The van der Waals surface area contributed by atoms with E-state index in [-0.39, 0.29) is 18.4 Å². The van der Waals surface area contributed by atoms with E-state index >= 15 is 0 Å². The third-order valence-corrected chi connectivity index (χ3v) is 3.49. The summed E-state index contributed by atoms with van der Waals surface area (Å²) in [6, 6.07) is 7.62. The van der Waals surface area contributed by atoms with Crippen LogP contribution in [0.15, 0.2) is 29.3 Å². The fraction of sp³-hybridized carbons (Fsp3) is 0.308. The molecule has 0 fully saturated rings. The van der Waals surface area contributed by atoms with Crippen molar-refractivity contribution in [1.82, 2.24) is 4.57 Å². The Balaban J connectivity index is 2.55. The van der Waals surface area contributed by atoms with Gasteiger partial charge in [0.05, 0.1) is 16.8 Å². The van der Waals surface area contributed by atoms with E-state index in [1.165, 1.54) is 18.3 Å². The number of benzene rings is 1. The van der Waals surface area contributed by atoms with Crippen LogP contribution in [0.4, 0.5) is 0 Å². The molecule has 1 aromatic heterocycles. The van der Waals surface area contributed by atoms with E-state index in [0.29, 0.717) is 11.4 Å². The fourth-order valence-electron chi connectivity index (χ4n) is 1.73. The fourth-order valence-corrected chi connectivity index (χ4v) is 2.80. The number of carbonyl (C=O) groups excluding carboxylic acids is 2. The van der Waals surface area contributed by atoms with Gasteiger partial charge in [0.15, 0.2) is 4.80 Å². The molecule has 0 bridgehead atoms. The lowest BCUT2D eigenvalue weighted by atomic mass is 10.3. The van der Waals surface area contributed by atoms with Crippen molar-refractivity contribution in [2.75, 3.05) is 6.61 Å². The molecule has 0 atom stereocenters. The van der Waals surface area contributed by atoms with Gasteiger partial charge < -0.3 is 9.30 Å². The molecule has 0 N–H and O–H groups in total. The molecule has 100 valence electrons. The molecule has 2 rings (SSSR count). The van der Waals surface area contributed by atoms with Gasteiger partial charge in [-0.15, -0.1) is 0 Å². The summed E-state index contributed by atoms with van der Waals surface area (Å²) >= 11 is 1.38. The van der Waals surface area contributed by atoms with Gasteiger partial charge >= 0.3 is 5.97 Å². The third kappa shape index (κ3) is 3.08. The van der Waals surface area contributed by atoms with Gasteiger partial charge in [-0.2, -0.15) is 4.99 Å². The predicted octanol–water partition coefficient (Wildman–Crippen LogP) is 1.71. The summed E-state index contributed by atoms with van der Waals surface area (Å²) in [4.78, 5) is 27.3. The van der Waals surface area contributed by atoms with E-state index in [4.69, 9.17) is 4.74 Å². The van der Waals surface area contributed by atoms with Crippen LogP contribution in [0.5, 0.6) is 0 Å². The zero-order chi connectivity index (χ0) is 13.8. The van der Waals surface area contributed by atoms with Crippen molar-refractivity contribution in [3.8, 4) is 0 Å². The first-order valence-corrected chi connectivity index (χ1v) is 6.72. The summed E-state index contributed by atoms with van der Waals surface area (Å²) in [6.07, 6.45) is 0. The third-order valence-electron chi connectivity index (χ3n) is 2.43. The summed E-state index contributed by atoms with van der Waals surface area (Å²) in [5, 5.41) is 0. The van der Waals surface area contributed by atoms with Gasteiger partial charge in [0, 0.05) is 6.92 Å². The number of hydrogen-bond donors (Lipinski definition) is 0. The molecular formula is C13H14N2O3S. The Hall–Kier alpha value is -1.95. The minimum Gasteiger partial charge on any atom is -0.465 e. The summed E-state index contributed by atoms with van der Waals surface area (Å²) in [5.41, 5.74) is 0.876. The van der Waals surface area contributed by atoms with Gasteiger partial charge in [0.2, 0.25) is 5.91 Å². The Kier molecular flexibility index (Phi) is 4.11. The van der Waals surface area contributed by atoms with Crippen LogP contribution < -0.4 is 4.80 Å². The Labute approximate surface area is 114 Å². The quantitative estimate of drug-likeness (QED) is 0.803. The number of rotatable bonds is 3. The molecule has 0 aliphatic rings. The number of ether oxygens (including phenoxy) is 1. The molecular weight excluding hydrogens is 264 g/mol. The zero-order valence-electron chi connectivity index (χ0n) is 10.8. The van der Waals surface area contributed by atoms with Crippen LogP contribution in [-0.4, -0.2) is 23.1 Å². The van der Waals surface area contributed by atoms with Gasteiger partial charge in [0.1, 0.15) is 6.54 Å². The van der Waals surface area contributed by atoms with Crippen molar-refractivity contribution in [2.45, 2.75) is 20.4 Å². The number of aromatic nitrogens is 1. The van der Waals surface area contributed by atoms with E-state index in [0.717, 1.165) is 10.2 Å². The summed E-state index contributed by atoms with van der Waals surface area (Å²) in [7, 11) is 0. The average molecular weight is 278 g/mol. The first-order valence-electron chi connectivity index (χ1n) is 5.91. The van der Waals surface area contributed by atoms with E-state index in [2.05, 4.69) is 4.99 Å². The molecule has 0 saturated heterocycles. The maximum atomic E-state index is 11.6. The molecule has 2 aromatic rings. The molecule has 5 nitrogen and oxygen atoms in total. The number of fused-ring (bicyclic) bond motifs is 1.